The highest BCUT2D eigenvalue weighted by atomic mass is 32.1. The molecule has 0 aliphatic carbocycles. The van der Waals surface area contributed by atoms with Crippen LogP contribution in [0.4, 0.5) is 5.13 Å². The Labute approximate surface area is 103 Å². The number of rotatable bonds is 5. The van der Waals surface area contributed by atoms with Crippen molar-refractivity contribution >= 4 is 28.3 Å². The fourth-order valence-corrected chi connectivity index (χ4v) is 2.04. The zero-order valence-electron chi connectivity index (χ0n) is 9.99. The van der Waals surface area contributed by atoms with Crippen LogP contribution in [0.2, 0.25) is 0 Å². The number of nitrogens with one attached hydrogen (secondary N) is 2. The lowest BCUT2D eigenvalue weighted by molar-refractivity contribution is -0.115. The summed E-state index contributed by atoms with van der Waals surface area (Å²) in [4.78, 5) is 27.3. The summed E-state index contributed by atoms with van der Waals surface area (Å²) < 4.78 is 4.88. The van der Waals surface area contributed by atoms with E-state index in [1.54, 1.807) is 20.9 Å². The van der Waals surface area contributed by atoms with Gasteiger partial charge in [-0.3, -0.25) is 4.79 Å². The maximum absolute atomic E-state index is 11.5. The van der Waals surface area contributed by atoms with Gasteiger partial charge in [0, 0.05) is 0 Å². The van der Waals surface area contributed by atoms with Crippen molar-refractivity contribution in [2.45, 2.75) is 13.8 Å². The van der Waals surface area contributed by atoms with Crippen molar-refractivity contribution in [1.29, 1.82) is 0 Å². The Hall–Kier alpha value is -1.47. The van der Waals surface area contributed by atoms with Crippen molar-refractivity contribution in [3.05, 3.63) is 10.6 Å². The van der Waals surface area contributed by atoms with Crippen LogP contribution in [0.3, 0.4) is 0 Å². The molecule has 2 N–H and O–H groups in total. The quantitative estimate of drug-likeness (QED) is 0.762. The van der Waals surface area contributed by atoms with Crippen molar-refractivity contribution < 1.29 is 14.3 Å². The number of thiazole rings is 1. The molecule has 94 valence electrons. The second-order valence-corrected chi connectivity index (χ2v) is 4.23. The van der Waals surface area contributed by atoms with Gasteiger partial charge in [-0.2, -0.15) is 0 Å². The van der Waals surface area contributed by atoms with Crippen LogP contribution in [-0.2, 0) is 9.53 Å². The lowest BCUT2D eigenvalue weighted by Gasteiger charge is -1.99. The summed E-state index contributed by atoms with van der Waals surface area (Å²) in [5, 5.41) is 5.73. The zero-order valence-corrected chi connectivity index (χ0v) is 10.8. The zero-order chi connectivity index (χ0) is 12.8. The number of hydrogen-bond donors (Lipinski definition) is 2. The first kappa shape index (κ1) is 13.6. The van der Waals surface area contributed by atoms with E-state index in [-0.39, 0.29) is 12.5 Å². The van der Waals surface area contributed by atoms with Gasteiger partial charge in [-0.05, 0) is 20.9 Å². The summed E-state index contributed by atoms with van der Waals surface area (Å²) in [7, 11) is 1.68. The molecule has 7 heteroatoms. The average molecular weight is 257 g/mol. The molecule has 1 aromatic heterocycles. The predicted molar refractivity (Wildman–Crippen MR) is 65.4 cm³/mol. The first-order valence-electron chi connectivity index (χ1n) is 5.17. The van der Waals surface area contributed by atoms with Gasteiger partial charge in [0.15, 0.2) is 5.13 Å². The number of nitrogens with zero attached hydrogens (tertiary/aromatic N) is 1. The summed E-state index contributed by atoms with van der Waals surface area (Å²) in [6.45, 7) is 3.96. The molecule has 0 bridgehead atoms. The largest absolute Gasteiger partial charge is 0.462 e. The van der Waals surface area contributed by atoms with E-state index in [1.807, 2.05) is 0 Å². The van der Waals surface area contributed by atoms with E-state index in [2.05, 4.69) is 15.6 Å². The molecule has 17 heavy (non-hydrogen) atoms. The third kappa shape index (κ3) is 3.79. The smallest absolute Gasteiger partial charge is 0.350 e. The molecule has 0 radical (unpaired) electrons. The number of carbonyl (C=O) groups is 2. The Kier molecular flexibility index (Phi) is 5.05. The molecule has 0 atom stereocenters. The maximum Gasteiger partial charge on any atom is 0.350 e. The van der Waals surface area contributed by atoms with Crippen LogP contribution in [0.5, 0.6) is 0 Å². The third-order valence-corrected chi connectivity index (χ3v) is 2.89. The van der Waals surface area contributed by atoms with E-state index in [0.717, 1.165) is 11.3 Å². The second kappa shape index (κ2) is 6.31. The molecule has 0 aliphatic rings. The summed E-state index contributed by atoms with van der Waals surface area (Å²) in [5.74, 6) is -0.603. The van der Waals surface area contributed by atoms with Crippen LogP contribution in [-0.4, -0.2) is 37.1 Å². The molecular formula is C10H15N3O3S. The highest BCUT2D eigenvalue weighted by Gasteiger charge is 2.17. The molecule has 0 aromatic carbocycles. The molecule has 6 nitrogen and oxygen atoms in total. The fourth-order valence-electron chi connectivity index (χ4n) is 1.16. The SMILES string of the molecule is CCOC(=O)c1sc(NC(=O)CNC)nc1C. The number of aromatic nitrogens is 1. The van der Waals surface area contributed by atoms with Gasteiger partial charge in [-0.25, -0.2) is 9.78 Å². The lowest BCUT2D eigenvalue weighted by atomic mass is 10.4. The van der Waals surface area contributed by atoms with Crippen LogP contribution in [0.1, 0.15) is 22.3 Å². The number of esters is 1. The van der Waals surface area contributed by atoms with Crippen molar-refractivity contribution in [3.8, 4) is 0 Å². The van der Waals surface area contributed by atoms with Crippen LogP contribution in [0.25, 0.3) is 0 Å². The molecule has 0 aliphatic heterocycles. The number of ether oxygens (including phenoxy) is 1. The number of amides is 1. The summed E-state index contributed by atoms with van der Waals surface area (Å²) in [6.07, 6.45) is 0. The summed E-state index contributed by atoms with van der Waals surface area (Å²) >= 11 is 1.12. The van der Waals surface area contributed by atoms with E-state index in [9.17, 15) is 9.59 Å². The van der Waals surface area contributed by atoms with Crippen molar-refractivity contribution in [3.63, 3.8) is 0 Å². The maximum atomic E-state index is 11.5. The molecular weight excluding hydrogens is 242 g/mol. The molecule has 0 fully saturated rings. The van der Waals surface area contributed by atoms with E-state index in [0.29, 0.717) is 22.3 Å². The average Bonchev–Trinajstić information content (AvgIpc) is 2.60. The Bertz CT molecular complexity index is 417. The van der Waals surface area contributed by atoms with Gasteiger partial charge in [0.25, 0.3) is 0 Å². The third-order valence-electron chi connectivity index (χ3n) is 1.84. The van der Waals surface area contributed by atoms with Gasteiger partial charge >= 0.3 is 5.97 Å². The molecule has 1 aromatic rings. The molecule has 0 saturated heterocycles. The van der Waals surface area contributed by atoms with Gasteiger partial charge in [0.05, 0.1) is 18.8 Å². The van der Waals surface area contributed by atoms with Gasteiger partial charge in [0.1, 0.15) is 4.88 Å². The highest BCUT2D eigenvalue weighted by molar-refractivity contribution is 7.17. The minimum Gasteiger partial charge on any atom is -0.462 e. The van der Waals surface area contributed by atoms with Crippen LogP contribution >= 0.6 is 11.3 Å². The van der Waals surface area contributed by atoms with E-state index in [1.165, 1.54) is 0 Å². The van der Waals surface area contributed by atoms with Crippen LogP contribution in [0.15, 0.2) is 0 Å². The second-order valence-electron chi connectivity index (χ2n) is 3.23. The Morgan fingerprint density at radius 2 is 2.18 bits per heavy atom. The van der Waals surface area contributed by atoms with Gasteiger partial charge < -0.3 is 15.4 Å². The van der Waals surface area contributed by atoms with Crippen molar-refractivity contribution in [1.82, 2.24) is 10.3 Å². The lowest BCUT2D eigenvalue weighted by Crippen LogP contribution is -2.24. The number of likely N-dealkylation sites (N-methyl/N-ethyl adjacent to an activating group) is 1. The van der Waals surface area contributed by atoms with Crippen LogP contribution in [0, 0.1) is 6.92 Å². The number of hydrogen-bond acceptors (Lipinski definition) is 6. The molecule has 0 saturated carbocycles. The first-order valence-corrected chi connectivity index (χ1v) is 5.99. The van der Waals surface area contributed by atoms with Crippen molar-refractivity contribution in [2.24, 2.45) is 0 Å². The Morgan fingerprint density at radius 1 is 1.47 bits per heavy atom. The first-order chi connectivity index (χ1) is 8.08. The number of anilines is 1. The predicted octanol–water partition coefficient (Wildman–Crippen LogP) is 0.786. The van der Waals surface area contributed by atoms with E-state index in [4.69, 9.17) is 4.74 Å². The molecule has 1 amide bonds. The highest BCUT2D eigenvalue weighted by Crippen LogP contribution is 2.23. The van der Waals surface area contributed by atoms with Crippen LogP contribution < -0.4 is 10.6 Å². The fraction of sp³-hybridized carbons (Fsp3) is 0.500. The van der Waals surface area contributed by atoms with E-state index >= 15 is 0 Å². The molecule has 1 rings (SSSR count). The minimum atomic E-state index is -0.406. The molecule has 0 spiro atoms. The summed E-state index contributed by atoms with van der Waals surface area (Å²) in [5.41, 5.74) is 0.563. The Morgan fingerprint density at radius 3 is 2.76 bits per heavy atom. The van der Waals surface area contributed by atoms with Crippen molar-refractivity contribution in [2.75, 3.05) is 25.5 Å². The normalized spacial score (nSPS) is 10.1. The summed E-state index contributed by atoms with van der Waals surface area (Å²) in [6, 6.07) is 0. The standard InChI is InChI=1S/C10H15N3O3S/c1-4-16-9(15)8-6(2)12-10(17-8)13-7(14)5-11-3/h11H,4-5H2,1-3H3,(H,12,13,14). The minimum absolute atomic E-state index is 0.198. The Balaban J connectivity index is 2.74. The van der Waals surface area contributed by atoms with Gasteiger partial charge in [-0.15, -0.1) is 0 Å². The number of aryl methyl sites for hydroxylation is 1. The van der Waals surface area contributed by atoms with Gasteiger partial charge in [-0.1, -0.05) is 11.3 Å². The van der Waals surface area contributed by atoms with E-state index < -0.39 is 5.97 Å². The molecule has 1 heterocycles. The monoisotopic (exact) mass is 257 g/mol. The van der Waals surface area contributed by atoms with Gasteiger partial charge in [0.2, 0.25) is 5.91 Å². The topological polar surface area (TPSA) is 80.3 Å². The number of carbonyl (C=O) groups excluding carboxylic acids is 2. The molecule has 0 unspecified atom stereocenters.